The Morgan fingerprint density at radius 3 is 2.80 bits per heavy atom. The van der Waals surface area contributed by atoms with Gasteiger partial charge in [0.25, 0.3) is 0 Å². The van der Waals surface area contributed by atoms with Crippen LogP contribution < -0.4 is 4.74 Å². The van der Waals surface area contributed by atoms with E-state index < -0.39 is 10.0 Å². The van der Waals surface area contributed by atoms with Crippen molar-refractivity contribution in [3.05, 3.63) is 23.8 Å². The molecule has 1 fully saturated rings. The fourth-order valence-corrected chi connectivity index (χ4v) is 4.74. The predicted octanol–water partition coefficient (Wildman–Crippen LogP) is 3.00. The van der Waals surface area contributed by atoms with Gasteiger partial charge in [-0.15, -0.1) is 11.6 Å². The van der Waals surface area contributed by atoms with E-state index in [9.17, 15) is 8.42 Å². The average molecular weight is 318 g/mol. The maximum absolute atomic E-state index is 12.8. The molecule has 1 unspecified atom stereocenters. The molecule has 4 nitrogen and oxygen atoms in total. The number of benzene rings is 1. The highest BCUT2D eigenvalue weighted by atomic mass is 35.5. The largest absolute Gasteiger partial charge is 0.495 e. The van der Waals surface area contributed by atoms with E-state index in [1.165, 1.54) is 7.11 Å². The summed E-state index contributed by atoms with van der Waals surface area (Å²) in [5, 5.41) is 0. The zero-order valence-electron chi connectivity index (χ0n) is 11.8. The molecule has 0 aliphatic carbocycles. The van der Waals surface area contributed by atoms with E-state index in [-0.39, 0.29) is 10.9 Å². The average Bonchev–Trinajstić information content (AvgIpc) is 2.95. The van der Waals surface area contributed by atoms with E-state index in [1.807, 2.05) is 6.92 Å². The van der Waals surface area contributed by atoms with Crippen LogP contribution in [-0.4, -0.2) is 32.4 Å². The minimum Gasteiger partial charge on any atom is -0.495 e. The van der Waals surface area contributed by atoms with E-state index in [4.69, 9.17) is 16.3 Å². The summed E-state index contributed by atoms with van der Waals surface area (Å²) in [5.74, 6) is 0.697. The first-order valence-electron chi connectivity index (χ1n) is 6.79. The lowest BCUT2D eigenvalue weighted by atomic mass is 10.2. The lowest BCUT2D eigenvalue weighted by molar-refractivity contribution is 0.370. The molecule has 1 heterocycles. The second-order valence-electron chi connectivity index (χ2n) is 4.94. The van der Waals surface area contributed by atoms with E-state index >= 15 is 0 Å². The summed E-state index contributed by atoms with van der Waals surface area (Å²) in [6, 6.07) is 5.12. The van der Waals surface area contributed by atoms with Gasteiger partial charge in [0.2, 0.25) is 10.0 Å². The first-order valence-corrected chi connectivity index (χ1v) is 8.76. The van der Waals surface area contributed by atoms with Crippen LogP contribution >= 0.6 is 11.6 Å². The van der Waals surface area contributed by atoms with Gasteiger partial charge in [0.1, 0.15) is 10.6 Å². The Balaban J connectivity index is 2.43. The maximum atomic E-state index is 12.8. The SMILES string of the molecule is CCC1CCCN1S(=O)(=O)c1ccc(CCl)cc1OC. The second kappa shape index (κ2) is 6.33. The number of hydrogen-bond acceptors (Lipinski definition) is 3. The van der Waals surface area contributed by atoms with Crippen molar-refractivity contribution < 1.29 is 13.2 Å². The van der Waals surface area contributed by atoms with Gasteiger partial charge in [-0.25, -0.2) is 8.42 Å². The lowest BCUT2D eigenvalue weighted by Gasteiger charge is -2.24. The van der Waals surface area contributed by atoms with Crippen LogP contribution in [-0.2, 0) is 15.9 Å². The van der Waals surface area contributed by atoms with Crippen LogP contribution in [0.2, 0.25) is 0 Å². The number of ether oxygens (including phenoxy) is 1. The fraction of sp³-hybridized carbons (Fsp3) is 0.571. The van der Waals surface area contributed by atoms with Crippen LogP contribution in [0.1, 0.15) is 31.7 Å². The molecule has 1 aliphatic rings. The molecule has 20 heavy (non-hydrogen) atoms. The predicted molar refractivity (Wildman–Crippen MR) is 79.8 cm³/mol. The summed E-state index contributed by atoms with van der Waals surface area (Å²) in [6.45, 7) is 2.60. The number of halogens is 1. The van der Waals surface area contributed by atoms with E-state index in [0.29, 0.717) is 18.2 Å². The highest BCUT2D eigenvalue weighted by Crippen LogP contribution is 2.33. The molecule has 112 valence electrons. The van der Waals surface area contributed by atoms with Crippen molar-refractivity contribution in [3.8, 4) is 5.75 Å². The summed E-state index contributed by atoms with van der Waals surface area (Å²) in [5.41, 5.74) is 0.843. The molecule has 2 rings (SSSR count). The third kappa shape index (κ3) is 2.80. The first kappa shape index (κ1) is 15.6. The molecule has 1 aliphatic heterocycles. The van der Waals surface area contributed by atoms with Crippen LogP contribution in [0.25, 0.3) is 0 Å². The summed E-state index contributed by atoms with van der Waals surface area (Å²) >= 11 is 5.78. The zero-order valence-corrected chi connectivity index (χ0v) is 13.4. The topological polar surface area (TPSA) is 46.6 Å². The van der Waals surface area contributed by atoms with Gasteiger partial charge < -0.3 is 4.74 Å². The highest BCUT2D eigenvalue weighted by Gasteiger charge is 2.35. The summed E-state index contributed by atoms with van der Waals surface area (Å²) in [7, 11) is -2.02. The molecule has 0 aromatic heterocycles. The quantitative estimate of drug-likeness (QED) is 0.784. The van der Waals surface area contributed by atoms with Crippen LogP contribution in [0, 0.1) is 0 Å². The van der Waals surface area contributed by atoms with Gasteiger partial charge in [0, 0.05) is 18.5 Å². The van der Waals surface area contributed by atoms with Crippen molar-refractivity contribution in [2.75, 3.05) is 13.7 Å². The molecule has 0 amide bonds. The number of methoxy groups -OCH3 is 1. The smallest absolute Gasteiger partial charge is 0.247 e. The van der Waals surface area contributed by atoms with Gasteiger partial charge in [0.15, 0.2) is 0 Å². The number of alkyl halides is 1. The van der Waals surface area contributed by atoms with Crippen molar-refractivity contribution in [3.63, 3.8) is 0 Å². The normalized spacial score (nSPS) is 20.2. The zero-order chi connectivity index (χ0) is 14.8. The molecular formula is C14H20ClNO3S. The fourth-order valence-electron chi connectivity index (χ4n) is 2.67. The number of sulfonamides is 1. The van der Waals surface area contributed by atoms with Crippen molar-refractivity contribution >= 4 is 21.6 Å². The second-order valence-corrected chi connectivity index (χ2v) is 7.07. The Morgan fingerprint density at radius 2 is 2.20 bits per heavy atom. The Hall–Kier alpha value is -0.780. The number of hydrogen-bond donors (Lipinski definition) is 0. The van der Waals surface area contributed by atoms with Crippen LogP contribution in [0.3, 0.4) is 0 Å². The van der Waals surface area contributed by atoms with Gasteiger partial charge >= 0.3 is 0 Å². The minimum atomic E-state index is -3.50. The van der Waals surface area contributed by atoms with Crippen molar-refractivity contribution in [2.24, 2.45) is 0 Å². The van der Waals surface area contributed by atoms with Gasteiger partial charge in [-0.1, -0.05) is 13.0 Å². The highest BCUT2D eigenvalue weighted by molar-refractivity contribution is 7.89. The van der Waals surface area contributed by atoms with Gasteiger partial charge in [0.05, 0.1) is 7.11 Å². The molecule has 0 radical (unpaired) electrons. The van der Waals surface area contributed by atoms with Crippen LogP contribution in [0.15, 0.2) is 23.1 Å². The first-order chi connectivity index (χ1) is 9.54. The monoisotopic (exact) mass is 317 g/mol. The molecule has 0 N–H and O–H groups in total. The summed E-state index contributed by atoms with van der Waals surface area (Å²) in [4.78, 5) is 0.231. The maximum Gasteiger partial charge on any atom is 0.247 e. The Kier molecular flexibility index (Phi) is 4.94. The molecule has 0 bridgehead atoms. The number of rotatable bonds is 5. The van der Waals surface area contributed by atoms with Crippen LogP contribution in [0.4, 0.5) is 0 Å². The molecule has 1 aromatic carbocycles. The Labute approximate surface area is 125 Å². The van der Waals surface area contributed by atoms with Gasteiger partial charge in [-0.3, -0.25) is 0 Å². The standard InChI is InChI=1S/C14H20ClNO3S/c1-3-12-5-4-8-16(12)20(17,18)14-7-6-11(10-15)9-13(14)19-2/h6-7,9,12H,3-5,8,10H2,1-2H3. The minimum absolute atomic E-state index is 0.0948. The Bertz CT molecular complexity index is 574. The lowest BCUT2D eigenvalue weighted by Crippen LogP contribution is -2.35. The van der Waals surface area contributed by atoms with Crippen LogP contribution in [0.5, 0.6) is 5.75 Å². The summed E-state index contributed by atoms with van der Waals surface area (Å²) < 4.78 is 32.4. The van der Waals surface area contributed by atoms with E-state index in [0.717, 1.165) is 24.8 Å². The number of nitrogens with zero attached hydrogens (tertiary/aromatic N) is 1. The van der Waals surface area contributed by atoms with Crippen molar-refractivity contribution in [1.29, 1.82) is 0 Å². The molecular weight excluding hydrogens is 298 g/mol. The Morgan fingerprint density at radius 1 is 1.45 bits per heavy atom. The third-order valence-corrected chi connectivity index (χ3v) is 6.06. The van der Waals surface area contributed by atoms with Gasteiger partial charge in [-0.2, -0.15) is 4.31 Å². The van der Waals surface area contributed by atoms with Crippen molar-refractivity contribution in [1.82, 2.24) is 4.31 Å². The third-order valence-electron chi connectivity index (χ3n) is 3.76. The summed E-state index contributed by atoms with van der Waals surface area (Å²) in [6.07, 6.45) is 2.68. The van der Waals surface area contributed by atoms with Crippen molar-refractivity contribution in [2.45, 2.75) is 43.0 Å². The van der Waals surface area contributed by atoms with E-state index in [2.05, 4.69) is 0 Å². The molecule has 1 atom stereocenters. The molecule has 1 aromatic rings. The molecule has 6 heteroatoms. The molecule has 0 saturated carbocycles. The van der Waals surface area contributed by atoms with E-state index in [1.54, 1.807) is 22.5 Å². The van der Waals surface area contributed by atoms with Gasteiger partial charge in [-0.05, 0) is 37.0 Å². The molecule has 1 saturated heterocycles. The molecule has 0 spiro atoms.